The molecule has 0 saturated carbocycles. The zero-order chi connectivity index (χ0) is 14.7. The SMILES string of the molecule is NCc1cc2ccccc2n(CCN2CCOCC2)c1=O. The summed E-state index contributed by atoms with van der Waals surface area (Å²) in [6.07, 6.45) is 0. The number of nitrogens with zero attached hydrogens (tertiary/aromatic N) is 2. The maximum atomic E-state index is 12.5. The van der Waals surface area contributed by atoms with E-state index in [0.717, 1.165) is 43.8 Å². The average Bonchev–Trinajstić information content (AvgIpc) is 2.54. The number of aromatic nitrogens is 1. The molecule has 1 aliphatic rings. The van der Waals surface area contributed by atoms with Gasteiger partial charge in [0.2, 0.25) is 0 Å². The van der Waals surface area contributed by atoms with Crippen molar-refractivity contribution in [3.05, 3.63) is 46.2 Å². The van der Waals surface area contributed by atoms with Crippen LogP contribution in [0.2, 0.25) is 0 Å². The van der Waals surface area contributed by atoms with Crippen LogP contribution in [0.15, 0.2) is 35.1 Å². The number of rotatable bonds is 4. The van der Waals surface area contributed by atoms with Crippen LogP contribution in [0, 0.1) is 0 Å². The van der Waals surface area contributed by atoms with Crippen LogP contribution >= 0.6 is 0 Å². The van der Waals surface area contributed by atoms with E-state index in [4.69, 9.17) is 10.5 Å². The number of hydrogen-bond acceptors (Lipinski definition) is 4. The molecule has 2 N–H and O–H groups in total. The Kier molecular flexibility index (Phi) is 4.34. The minimum absolute atomic E-state index is 0.0319. The van der Waals surface area contributed by atoms with Crippen molar-refractivity contribution >= 4 is 10.9 Å². The third kappa shape index (κ3) is 3.00. The molecule has 2 heterocycles. The van der Waals surface area contributed by atoms with Crippen LogP contribution in [0.3, 0.4) is 0 Å². The van der Waals surface area contributed by atoms with E-state index in [1.165, 1.54) is 0 Å². The molecule has 3 rings (SSSR count). The summed E-state index contributed by atoms with van der Waals surface area (Å²) < 4.78 is 7.21. The molecule has 0 bridgehead atoms. The van der Waals surface area contributed by atoms with E-state index in [2.05, 4.69) is 4.90 Å². The lowest BCUT2D eigenvalue weighted by atomic mass is 10.1. The average molecular weight is 287 g/mol. The highest BCUT2D eigenvalue weighted by Crippen LogP contribution is 2.13. The van der Waals surface area contributed by atoms with E-state index in [-0.39, 0.29) is 12.1 Å². The van der Waals surface area contributed by atoms with E-state index in [1.54, 1.807) is 0 Å². The van der Waals surface area contributed by atoms with Crippen molar-refractivity contribution in [3.8, 4) is 0 Å². The minimum atomic E-state index is 0.0319. The van der Waals surface area contributed by atoms with Gasteiger partial charge in [-0.05, 0) is 17.5 Å². The fourth-order valence-corrected chi connectivity index (χ4v) is 2.82. The third-order valence-corrected chi connectivity index (χ3v) is 4.04. The van der Waals surface area contributed by atoms with E-state index in [9.17, 15) is 4.79 Å². The second-order valence-electron chi connectivity index (χ2n) is 5.34. The third-order valence-electron chi connectivity index (χ3n) is 4.04. The van der Waals surface area contributed by atoms with Gasteiger partial charge in [-0.1, -0.05) is 18.2 Å². The summed E-state index contributed by atoms with van der Waals surface area (Å²) in [7, 11) is 0. The topological polar surface area (TPSA) is 60.5 Å². The molecule has 1 saturated heterocycles. The van der Waals surface area contributed by atoms with Crippen molar-refractivity contribution < 1.29 is 4.74 Å². The molecule has 0 aliphatic carbocycles. The number of para-hydroxylation sites is 1. The lowest BCUT2D eigenvalue weighted by molar-refractivity contribution is 0.0364. The Balaban J connectivity index is 1.92. The van der Waals surface area contributed by atoms with Gasteiger partial charge in [-0.2, -0.15) is 0 Å². The van der Waals surface area contributed by atoms with Crippen LogP contribution in [-0.4, -0.2) is 42.3 Å². The number of pyridine rings is 1. The smallest absolute Gasteiger partial charge is 0.255 e. The Hall–Kier alpha value is -1.69. The van der Waals surface area contributed by atoms with Crippen molar-refractivity contribution in [2.24, 2.45) is 5.73 Å². The van der Waals surface area contributed by atoms with Crippen LogP contribution in [0.5, 0.6) is 0 Å². The van der Waals surface area contributed by atoms with Crippen molar-refractivity contribution in [1.29, 1.82) is 0 Å². The van der Waals surface area contributed by atoms with Gasteiger partial charge in [0, 0.05) is 38.3 Å². The first-order chi connectivity index (χ1) is 10.3. The van der Waals surface area contributed by atoms with Gasteiger partial charge in [0.1, 0.15) is 0 Å². The fraction of sp³-hybridized carbons (Fsp3) is 0.438. The maximum absolute atomic E-state index is 12.5. The first-order valence-corrected chi connectivity index (χ1v) is 7.41. The molecule has 112 valence electrons. The number of nitrogens with two attached hydrogens (primary N) is 1. The second kappa shape index (κ2) is 6.39. The standard InChI is InChI=1S/C16H21N3O2/c17-12-14-11-13-3-1-2-4-15(13)19(16(14)20)6-5-18-7-9-21-10-8-18/h1-4,11H,5-10,12,17H2. The van der Waals surface area contributed by atoms with Gasteiger partial charge >= 0.3 is 0 Å². The summed E-state index contributed by atoms with van der Waals surface area (Å²) in [5, 5.41) is 1.07. The van der Waals surface area contributed by atoms with E-state index < -0.39 is 0 Å². The normalized spacial score (nSPS) is 16.4. The van der Waals surface area contributed by atoms with Crippen molar-refractivity contribution in [2.75, 3.05) is 32.8 Å². The summed E-state index contributed by atoms with van der Waals surface area (Å²) in [5.74, 6) is 0. The monoisotopic (exact) mass is 287 g/mol. The molecule has 0 amide bonds. The van der Waals surface area contributed by atoms with E-state index in [1.807, 2.05) is 34.9 Å². The first kappa shape index (κ1) is 14.3. The Bertz CT molecular complexity index is 675. The predicted octanol–water partition coefficient (Wildman–Crippen LogP) is 0.792. The molecule has 0 unspecified atom stereocenters. The van der Waals surface area contributed by atoms with Crippen molar-refractivity contribution in [1.82, 2.24) is 9.47 Å². The summed E-state index contributed by atoms with van der Waals surface area (Å²) in [6.45, 7) is 5.25. The predicted molar refractivity (Wildman–Crippen MR) is 83.4 cm³/mol. The summed E-state index contributed by atoms with van der Waals surface area (Å²) in [4.78, 5) is 14.9. The number of ether oxygens (including phenoxy) is 1. The first-order valence-electron chi connectivity index (χ1n) is 7.41. The molecule has 5 heteroatoms. The molecular weight excluding hydrogens is 266 g/mol. The van der Waals surface area contributed by atoms with Gasteiger partial charge in [-0.25, -0.2) is 0 Å². The lowest BCUT2D eigenvalue weighted by Crippen LogP contribution is -2.39. The molecule has 2 aromatic rings. The Morgan fingerprint density at radius 3 is 2.67 bits per heavy atom. The van der Waals surface area contributed by atoms with Gasteiger partial charge in [0.25, 0.3) is 5.56 Å². The highest BCUT2D eigenvalue weighted by Gasteiger charge is 2.12. The molecule has 5 nitrogen and oxygen atoms in total. The molecule has 1 aromatic carbocycles. The van der Waals surface area contributed by atoms with Crippen LogP contribution in [-0.2, 0) is 17.8 Å². The highest BCUT2D eigenvalue weighted by molar-refractivity contribution is 5.79. The number of hydrogen-bond donors (Lipinski definition) is 1. The maximum Gasteiger partial charge on any atom is 0.255 e. The van der Waals surface area contributed by atoms with Crippen LogP contribution < -0.4 is 11.3 Å². The van der Waals surface area contributed by atoms with Gasteiger partial charge in [0.05, 0.1) is 18.7 Å². The van der Waals surface area contributed by atoms with E-state index >= 15 is 0 Å². The summed E-state index contributed by atoms with van der Waals surface area (Å²) in [6, 6.07) is 9.88. The molecular formula is C16H21N3O2. The quantitative estimate of drug-likeness (QED) is 0.903. The Labute approximate surface area is 123 Å². The summed E-state index contributed by atoms with van der Waals surface area (Å²) in [5.41, 5.74) is 7.40. The lowest BCUT2D eigenvalue weighted by Gasteiger charge is -2.27. The molecule has 21 heavy (non-hydrogen) atoms. The van der Waals surface area contributed by atoms with Crippen LogP contribution in [0.1, 0.15) is 5.56 Å². The largest absolute Gasteiger partial charge is 0.379 e. The molecule has 0 radical (unpaired) electrons. The van der Waals surface area contributed by atoms with Gasteiger partial charge in [0.15, 0.2) is 0 Å². The zero-order valence-corrected chi connectivity index (χ0v) is 12.1. The van der Waals surface area contributed by atoms with Gasteiger partial charge in [-0.3, -0.25) is 9.69 Å². The van der Waals surface area contributed by atoms with Crippen molar-refractivity contribution in [3.63, 3.8) is 0 Å². The van der Waals surface area contributed by atoms with Crippen molar-refractivity contribution in [2.45, 2.75) is 13.1 Å². The minimum Gasteiger partial charge on any atom is -0.379 e. The van der Waals surface area contributed by atoms with Gasteiger partial charge < -0.3 is 15.0 Å². The Morgan fingerprint density at radius 1 is 1.14 bits per heavy atom. The van der Waals surface area contributed by atoms with Crippen LogP contribution in [0.25, 0.3) is 10.9 Å². The number of fused-ring (bicyclic) bond motifs is 1. The number of benzene rings is 1. The zero-order valence-electron chi connectivity index (χ0n) is 12.1. The molecule has 0 spiro atoms. The summed E-state index contributed by atoms with van der Waals surface area (Å²) >= 11 is 0. The highest BCUT2D eigenvalue weighted by atomic mass is 16.5. The number of morpholine rings is 1. The fourth-order valence-electron chi connectivity index (χ4n) is 2.82. The van der Waals surface area contributed by atoms with Gasteiger partial charge in [-0.15, -0.1) is 0 Å². The molecule has 1 aromatic heterocycles. The van der Waals surface area contributed by atoms with E-state index in [0.29, 0.717) is 12.1 Å². The molecule has 1 aliphatic heterocycles. The molecule has 1 fully saturated rings. The second-order valence-corrected chi connectivity index (χ2v) is 5.34. The Morgan fingerprint density at radius 2 is 1.90 bits per heavy atom. The molecule has 0 atom stereocenters. The van der Waals surface area contributed by atoms with Crippen LogP contribution in [0.4, 0.5) is 0 Å².